The highest BCUT2D eigenvalue weighted by Crippen LogP contribution is 2.40. The lowest BCUT2D eigenvalue weighted by Crippen LogP contribution is -2.33. The molecular weight excluding hydrogens is 296 g/mol. The minimum Gasteiger partial charge on any atom is -0.325 e. The predicted molar refractivity (Wildman–Crippen MR) is 77.5 cm³/mol. The number of anilines is 1. The first-order valence-corrected chi connectivity index (χ1v) is 6.83. The number of hydrogen-bond donors (Lipinski definition) is 1. The molecule has 108 valence electrons. The summed E-state index contributed by atoms with van der Waals surface area (Å²) in [5.41, 5.74) is 1.03. The lowest BCUT2D eigenvalue weighted by Gasteiger charge is -2.22. The molecular formula is C16H12ClF2NO. The van der Waals surface area contributed by atoms with E-state index in [1.54, 1.807) is 19.1 Å². The molecule has 1 atom stereocenters. The van der Waals surface area contributed by atoms with Crippen LogP contribution in [-0.4, -0.2) is 5.91 Å². The highest BCUT2D eigenvalue weighted by Gasteiger charge is 2.42. The number of fused-ring (bicyclic) bond motifs is 1. The molecule has 1 aliphatic heterocycles. The van der Waals surface area contributed by atoms with E-state index in [2.05, 4.69) is 5.32 Å². The molecule has 0 bridgehead atoms. The third-order valence-electron chi connectivity index (χ3n) is 3.87. The fraction of sp³-hybridized carbons (Fsp3) is 0.188. The molecule has 0 saturated carbocycles. The summed E-state index contributed by atoms with van der Waals surface area (Å²) in [6.07, 6.45) is 0.315. The third-order valence-corrected chi connectivity index (χ3v) is 4.16. The average Bonchev–Trinajstić information content (AvgIpc) is 2.67. The van der Waals surface area contributed by atoms with E-state index >= 15 is 0 Å². The van der Waals surface area contributed by atoms with E-state index in [1.807, 2.05) is 0 Å². The van der Waals surface area contributed by atoms with E-state index in [-0.39, 0.29) is 10.9 Å². The van der Waals surface area contributed by atoms with Crippen LogP contribution >= 0.6 is 11.6 Å². The quantitative estimate of drug-likeness (QED) is 0.890. The second-order valence-corrected chi connectivity index (χ2v) is 5.81. The predicted octanol–water partition coefficient (Wildman–Crippen LogP) is 4.07. The van der Waals surface area contributed by atoms with Crippen LogP contribution in [0.4, 0.5) is 14.5 Å². The Bertz CT molecular complexity index is 747. The summed E-state index contributed by atoms with van der Waals surface area (Å²) in [5, 5.41) is 2.76. The van der Waals surface area contributed by atoms with Gasteiger partial charge >= 0.3 is 0 Å². The topological polar surface area (TPSA) is 29.1 Å². The van der Waals surface area contributed by atoms with Gasteiger partial charge in [0.2, 0.25) is 5.91 Å². The van der Waals surface area contributed by atoms with Crippen molar-refractivity contribution >= 4 is 23.2 Å². The van der Waals surface area contributed by atoms with Gasteiger partial charge in [-0.05, 0) is 54.8 Å². The van der Waals surface area contributed by atoms with Gasteiger partial charge in [-0.1, -0.05) is 17.7 Å². The first kappa shape index (κ1) is 14.0. The molecule has 2 aromatic carbocycles. The van der Waals surface area contributed by atoms with Gasteiger partial charge in [0.05, 0.1) is 10.4 Å². The average molecular weight is 308 g/mol. The van der Waals surface area contributed by atoms with Crippen LogP contribution < -0.4 is 5.32 Å². The van der Waals surface area contributed by atoms with Crippen LogP contribution in [0.15, 0.2) is 36.4 Å². The molecule has 5 heteroatoms. The van der Waals surface area contributed by atoms with Crippen LogP contribution in [0.25, 0.3) is 0 Å². The lowest BCUT2D eigenvalue weighted by molar-refractivity contribution is -0.120. The fourth-order valence-electron chi connectivity index (χ4n) is 2.70. The second-order valence-electron chi connectivity index (χ2n) is 5.40. The van der Waals surface area contributed by atoms with Crippen molar-refractivity contribution in [1.29, 1.82) is 0 Å². The summed E-state index contributed by atoms with van der Waals surface area (Å²) < 4.78 is 26.7. The maximum Gasteiger partial charge on any atom is 0.235 e. The molecule has 0 fully saturated rings. The van der Waals surface area contributed by atoms with Crippen molar-refractivity contribution in [3.05, 3.63) is 64.2 Å². The van der Waals surface area contributed by atoms with E-state index in [1.165, 1.54) is 24.3 Å². The molecule has 1 heterocycles. The van der Waals surface area contributed by atoms with Crippen LogP contribution in [-0.2, 0) is 16.6 Å². The Morgan fingerprint density at radius 3 is 2.67 bits per heavy atom. The van der Waals surface area contributed by atoms with Gasteiger partial charge in [0, 0.05) is 5.69 Å². The number of rotatable bonds is 2. The Kier molecular flexibility index (Phi) is 3.21. The summed E-state index contributed by atoms with van der Waals surface area (Å²) in [4.78, 5) is 12.3. The molecule has 1 N–H and O–H groups in total. The molecule has 0 aliphatic carbocycles. The Hall–Kier alpha value is -1.94. The monoisotopic (exact) mass is 307 g/mol. The molecule has 1 amide bonds. The smallest absolute Gasteiger partial charge is 0.235 e. The second kappa shape index (κ2) is 4.81. The van der Waals surface area contributed by atoms with Crippen LogP contribution in [0.2, 0.25) is 5.02 Å². The van der Waals surface area contributed by atoms with Gasteiger partial charge in [0.1, 0.15) is 11.6 Å². The molecule has 1 aliphatic rings. The largest absolute Gasteiger partial charge is 0.325 e. The van der Waals surface area contributed by atoms with E-state index < -0.39 is 17.0 Å². The van der Waals surface area contributed by atoms with Gasteiger partial charge in [0.25, 0.3) is 0 Å². The summed E-state index contributed by atoms with van der Waals surface area (Å²) in [5.74, 6) is -1.11. The van der Waals surface area contributed by atoms with E-state index in [9.17, 15) is 13.6 Å². The number of amides is 1. The van der Waals surface area contributed by atoms with Gasteiger partial charge in [-0.2, -0.15) is 0 Å². The standard InChI is InChI=1S/C16H12ClF2NO/c1-16(8-9-2-4-13(19)12(17)6-9)11-7-10(18)3-5-14(11)20-15(16)21/h2-7H,8H2,1H3,(H,20,21). The Balaban J connectivity index is 2.03. The van der Waals surface area contributed by atoms with Gasteiger partial charge in [-0.15, -0.1) is 0 Å². The maximum atomic E-state index is 13.5. The van der Waals surface area contributed by atoms with Crippen molar-refractivity contribution in [2.24, 2.45) is 0 Å². The third kappa shape index (κ3) is 2.29. The van der Waals surface area contributed by atoms with Crippen molar-refractivity contribution < 1.29 is 13.6 Å². The van der Waals surface area contributed by atoms with Gasteiger partial charge in [-0.25, -0.2) is 8.78 Å². The van der Waals surface area contributed by atoms with Gasteiger partial charge in [0.15, 0.2) is 0 Å². The summed E-state index contributed by atoms with van der Waals surface area (Å²) in [6.45, 7) is 1.74. The summed E-state index contributed by atoms with van der Waals surface area (Å²) in [7, 11) is 0. The molecule has 2 nitrogen and oxygen atoms in total. The van der Waals surface area contributed by atoms with Crippen LogP contribution in [0.1, 0.15) is 18.1 Å². The summed E-state index contributed by atoms with van der Waals surface area (Å²) in [6, 6.07) is 8.55. The maximum absolute atomic E-state index is 13.5. The molecule has 2 aromatic rings. The summed E-state index contributed by atoms with van der Waals surface area (Å²) >= 11 is 5.77. The van der Waals surface area contributed by atoms with Crippen molar-refractivity contribution in [3.8, 4) is 0 Å². The number of carbonyl (C=O) groups excluding carboxylic acids is 1. The lowest BCUT2D eigenvalue weighted by atomic mass is 9.78. The Labute approximate surface area is 125 Å². The molecule has 0 spiro atoms. The minimum atomic E-state index is -0.904. The van der Waals surface area contributed by atoms with Gasteiger partial charge < -0.3 is 5.32 Å². The first-order chi connectivity index (χ1) is 9.90. The highest BCUT2D eigenvalue weighted by molar-refractivity contribution is 6.30. The van der Waals surface area contributed by atoms with E-state index in [0.29, 0.717) is 17.7 Å². The molecule has 21 heavy (non-hydrogen) atoms. The minimum absolute atomic E-state index is 0.00831. The van der Waals surface area contributed by atoms with Crippen molar-refractivity contribution in [1.82, 2.24) is 0 Å². The van der Waals surface area contributed by atoms with Crippen molar-refractivity contribution in [2.45, 2.75) is 18.8 Å². The fourth-order valence-corrected chi connectivity index (χ4v) is 2.90. The molecule has 0 aromatic heterocycles. The zero-order valence-corrected chi connectivity index (χ0v) is 12.0. The van der Waals surface area contributed by atoms with Gasteiger partial charge in [-0.3, -0.25) is 4.79 Å². The SMILES string of the molecule is CC1(Cc2ccc(F)c(Cl)c2)C(=O)Nc2ccc(F)cc21. The normalized spacial score (nSPS) is 20.3. The van der Waals surface area contributed by atoms with E-state index in [0.717, 1.165) is 5.56 Å². The van der Waals surface area contributed by atoms with Crippen LogP contribution in [0.5, 0.6) is 0 Å². The molecule has 1 unspecified atom stereocenters. The number of benzene rings is 2. The number of halogens is 3. The number of hydrogen-bond acceptors (Lipinski definition) is 1. The molecule has 0 radical (unpaired) electrons. The number of carbonyl (C=O) groups is 1. The molecule has 3 rings (SSSR count). The van der Waals surface area contributed by atoms with Crippen molar-refractivity contribution in [3.63, 3.8) is 0 Å². The number of nitrogens with one attached hydrogen (secondary N) is 1. The van der Waals surface area contributed by atoms with Crippen LogP contribution in [0, 0.1) is 11.6 Å². The molecule has 0 saturated heterocycles. The Morgan fingerprint density at radius 2 is 1.95 bits per heavy atom. The zero-order chi connectivity index (χ0) is 15.2. The van der Waals surface area contributed by atoms with Crippen molar-refractivity contribution in [2.75, 3.05) is 5.32 Å². The van der Waals surface area contributed by atoms with E-state index in [4.69, 9.17) is 11.6 Å². The van der Waals surface area contributed by atoms with Crippen LogP contribution in [0.3, 0.4) is 0 Å². The highest BCUT2D eigenvalue weighted by atomic mass is 35.5. The zero-order valence-electron chi connectivity index (χ0n) is 11.2. The first-order valence-electron chi connectivity index (χ1n) is 6.45. The Morgan fingerprint density at radius 1 is 1.19 bits per heavy atom.